The Morgan fingerprint density at radius 3 is 2.68 bits per heavy atom. The Labute approximate surface area is 127 Å². The number of nitrogens with zero attached hydrogens (tertiary/aromatic N) is 1. The summed E-state index contributed by atoms with van der Waals surface area (Å²) in [5.41, 5.74) is 1.14. The Morgan fingerprint density at radius 2 is 2.05 bits per heavy atom. The van der Waals surface area contributed by atoms with Crippen LogP contribution in [0.1, 0.15) is 27.7 Å². The first-order valence-electron chi connectivity index (χ1n) is 6.41. The van der Waals surface area contributed by atoms with Crippen LogP contribution in [-0.2, 0) is 0 Å². The minimum absolute atomic E-state index is 0.0168. The summed E-state index contributed by atoms with van der Waals surface area (Å²) in [7, 11) is 1.44. The van der Waals surface area contributed by atoms with Crippen LogP contribution in [0.4, 0.5) is 5.69 Å². The van der Waals surface area contributed by atoms with Crippen LogP contribution in [-0.4, -0.2) is 23.3 Å². The van der Waals surface area contributed by atoms with Gasteiger partial charge in [-0.25, -0.2) is 4.79 Å². The second-order valence-electron chi connectivity index (χ2n) is 4.47. The minimum Gasteiger partial charge on any atom is -0.495 e. The molecule has 0 aliphatic heterocycles. The van der Waals surface area contributed by atoms with Crippen molar-refractivity contribution in [2.24, 2.45) is 0 Å². The van der Waals surface area contributed by atoms with Gasteiger partial charge in [-0.05, 0) is 18.2 Å². The van der Waals surface area contributed by atoms with Crippen molar-refractivity contribution in [1.82, 2.24) is 0 Å². The average molecular weight is 298 g/mol. The molecule has 1 atom stereocenters. The lowest BCUT2D eigenvalue weighted by Crippen LogP contribution is -2.14. The van der Waals surface area contributed by atoms with Crippen LogP contribution in [0.5, 0.6) is 5.75 Å². The maximum Gasteiger partial charge on any atom is 0.336 e. The van der Waals surface area contributed by atoms with Gasteiger partial charge in [-0.1, -0.05) is 18.2 Å². The summed E-state index contributed by atoms with van der Waals surface area (Å²) in [6.45, 7) is 0. The third-order valence-corrected chi connectivity index (χ3v) is 3.11. The van der Waals surface area contributed by atoms with E-state index in [1.807, 2.05) is 6.07 Å². The third-order valence-electron chi connectivity index (χ3n) is 3.11. The number of carbonyl (C=O) groups is 1. The summed E-state index contributed by atoms with van der Waals surface area (Å²) in [4.78, 5) is 11.2. The quantitative estimate of drug-likeness (QED) is 0.732. The van der Waals surface area contributed by atoms with Crippen molar-refractivity contribution >= 4 is 11.7 Å². The van der Waals surface area contributed by atoms with E-state index in [2.05, 4.69) is 5.32 Å². The number of carboxylic acid groups (broad SMARTS) is 1. The Morgan fingerprint density at radius 1 is 1.32 bits per heavy atom. The maximum absolute atomic E-state index is 11.2. The number of aromatic carboxylic acids is 1. The molecule has 2 aromatic carbocycles. The Hall–Kier alpha value is -3.04. The van der Waals surface area contributed by atoms with Gasteiger partial charge in [0.15, 0.2) is 6.23 Å². The number of carboxylic acids is 1. The fraction of sp³-hybridized carbons (Fsp3) is 0.125. The molecule has 112 valence electrons. The molecule has 1 unspecified atom stereocenters. The van der Waals surface area contributed by atoms with Crippen molar-refractivity contribution in [2.75, 3.05) is 12.4 Å². The van der Waals surface area contributed by atoms with E-state index in [0.29, 0.717) is 17.0 Å². The van der Waals surface area contributed by atoms with Crippen LogP contribution in [0, 0.1) is 11.3 Å². The number of aliphatic hydroxyl groups excluding tert-OH is 1. The third kappa shape index (κ3) is 3.16. The van der Waals surface area contributed by atoms with E-state index >= 15 is 0 Å². The van der Waals surface area contributed by atoms with Gasteiger partial charge in [0.1, 0.15) is 11.8 Å². The summed E-state index contributed by atoms with van der Waals surface area (Å²) in [5, 5.41) is 31.1. The number of nitrogens with one attached hydrogen (secondary N) is 1. The van der Waals surface area contributed by atoms with Crippen molar-refractivity contribution in [1.29, 1.82) is 5.26 Å². The zero-order valence-electron chi connectivity index (χ0n) is 11.8. The van der Waals surface area contributed by atoms with Crippen molar-refractivity contribution in [3.63, 3.8) is 0 Å². The monoisotopic (exact) mass is 298 g/mol. The smallest absolute Gasteiger partial charge is 0.336 e. The molecule has 0 aromatic heterocycles. The number of aliphatic hydroxyl groups is 1. The van der Waals surface area contributed by atoms with E-state index in [9.17, 15) is 9.90 Å². The molecule has 6 heteroatoms. The highest BCUT2D eigenvalue weighted by molar-refractivity contribution is 5.89. The molecule has 2 rings (SSSR count). The van der Waals surface area contributed by atoms with Gasteiger partial charge >= 0.3 is 5.97 Å². The Balaban J connectivity index is 2.28. The molecule has 0 radical (unpaired) electrons. The van der Waals surface area contributed by atoms with Crippen molar-refractivity contribution < 1.29 is 19.7 Å². The van der Waals surface area contributed by atoms with Gasteiger partial charge in [0, 0.05) is 17.3 Å². The lowest BCUT2D eigenvalue weighted by Gasteiger charge is -2.17. The SMILES string of the molecule is COc1cc(NC(O)c2ccccc2C(=O)O)ccc1C#N. The molecule has 0 aliphatic carbocycles. The van der Waals surface area contributed by atoms with Crippen LogP contribution in [0.25, 0.3) is 0 Å². The van der Waals surface area contributed by atoms with Crippen LogP contribution in [0.3, 0.4) is 0 Å². The molecule has 2 aromatic rings. The first-order valence-corrected chi connectivity index (χ1v) is 6.41. The normalized spacial score (nSPS) is 11.3. The highest BCUT2D eigenvalue weighted by atomic mass is 16.5. The van der Waals surface area contributed by atoms with Crippen LogP contribution in [0.15, 0.2) is 42.5 Å². The van der Waals surface area contributed by atoms with Gasteiger partial charge in [0.05, 0.1) is 18.2 Å². The van der Waals surface area contributed by atoms with Crippen LogP contribution >= 0.6 is 0 Å². The summed E-state index contributed by atoms with van der Waals surface area (Å²) in [5.74, 6) is -0.750. The number of anilines is 1. The van der Waals surface area contributed by atoms with E-state index in [0.717, 1.165) is 0 Å². The Kier molecular flexibility index (Phi) is 4.61. The van der Waals surface area contributed by atoms with E-state index in [4.69, 9.17) is 15.1 Å². The summed E-state index contributed by atoms with van der Waals surface area (Å²) >= 11 is 0. The zero-order valence-corrected chi connectivity index (χ0v) is 11.8. The van der Waals surface area contributed by atoms with E-state index in [1.54, 1.807) is 30.3 Å². The zero-order chi connectivity index (χ0) is 16.1. The lowest BCUT2D eigenvalue weighted by atomic mass is 10.1. The summed E-state index contributed by atoms with van der Waals surface area (Å²) in [6, 6.07) is 12.9. The molecule has 0 fully saturated rings. The second kappa shape index (κ2) is 6.61. The predicted molar refractivity (Wildman–Crippen MR) is 79.7 cm³/mol. The predicted octanol–water partition coefficient (Wildman–Crippen LogP) is 2.37. The highest BCUT2D eigenvalue weighted by Gasteiger charge is 2.16. The second-order valence-corrected chi connectivity index (χ2v) is 4.47. The number of methoxy groups -OCH3 is 1. The first-order chi connectivity index (χ1) is 10.6. The molecule has 0 amide bonds. The molecule has 0 aliphatic rings. The number of hydrogen-bond acceptors (Lipinski definition) is 5. The molecule has 22 heavy (non-hydrogen) atoms. The summed E-state index contributed by atoms with van der Waals surface area (Å²) in [6.07, 6.45) is -1.20. The number of rotatable bonds is 5. The van der Waals surface area contributed by atoms with E-state index in [1.165, 1.54) is 19.2 Å². The van der Waals surface area contributed by atoms with Crippen molar-refractivity contribution in [3.8, 4) is 11.8 Å². The van der Waals surface area contributed by atoms with Gasteiger partial charge < -0.3 is 20.3 Å². The molecular weight excluding hydrogens is 284 g/mol. The van der Waals surface area contributed by atoms with Gasteiger partial charge in [-0.2, -0.15) is 5.26 Å². The molecule has 3 N–H and O–H groups in total. The number of ether oxygens (including phenoxy) is 1. The van der Waals surface area contributed by atoms with Gasteiger partial charge in [0.25, 0.3) is 0 Å². The van der Waals surface area contributed by atoms with Crippen LogP contribution in [0.2, 0.25) is 0 Å². The van der Waals surface area contributed by atoms with Crippen molar-refractivity contribution in [2.45, 2.75) is 6.23 Å². The fourth-order valence-corrected chi connectivity index (χ4v) is 2.04. The molecule has 0 heterocycles. The average Bonchev–Trinajstić information content (AvgIpc) is 2.54. The molecular formula is C16H14N2O4. The van der Waals surface area contributed by atoms with Crippen molar-refractivity contribution in [3.05, 3.63) is 59.2 Å². The van der Waals surface area contributed by atoms with Gasteiger partial charge in [-0.3, -0.25) is 0 Å². The number of benzene rings is 2. The lowest BCUT2D eigenvalue weighted by molar-refractivity contribution is 0.0690. The van der Waals surface area contributed by atoms with Gasteiger partial charge in [-0.15, -0.1) is 0 Å². The minimum atomic E-state index is -1.20. The maximum atomic E-state index is 11.2. The first kappa shape index (κ1) is 15.4. The standard InChI is InChI=1S/C16H14N2O4/c1-22-14-8-11(7-6-10(14)9-17)18-15(19)12-4-2-3-5-13(12)16(20)21/h2-8,15,18-19H,1H3,(H,20,21). The fourth-order valence-electron chi connectivity index (χ4n) is 2.04. The number of hydrogen-bond donors (Lipinski definition) is 3. The molecule has 0 saturated heterocycles. The molecule has 0 saturated carbocycles. The van der Waals surface area contributed by atoms with E-state index < -0.39 is 12.2 Å². The highest BCUT2D eigenvalue weighted by Crippen LogP contribution is 2.26. The molecule has 0 spiro atoms. The number of nitriles is 1. The topological polar surface area (TPSA) is 103 Å². The van der Waals surface area contributed by atoms with Gasteiger partial charge in [0.2, 0.25) is 0 Å². The van der Waals surface area contributed by atoms with E-state index in [-0.39, 0.29) is 11.1 Å². The largest absolute Gasteiger partial charge is 0.495 e. The Bertz CT molecular complexity index is 737. The molecule has 0 bridgehead atoms. The summed E-state index contributed by atoms with van der Waals surface area (Å²) < 4.78 is 5.09. The molecule has 6 nitrogen and oxygen atoms in total. The van der Waals surface area contributed by atoms with Crippen LogP contribution < -0.4 is 10.1 Å².